The SMILES string of the molecule is Cc1cccc(C)c1-c1cc2nc(n1)NS(=O)(=O)c1cccc(c1)C(=O)N(Cc1cccc(CCC(C)(C)C)n1)[C@H](CC(C)(C)C)CO2. The van der Waals surface area contributed by atoms with Gasteiger partial charge in [0, 0.05) is 22.9 Å². The number of ether oxygens (including phenoxy) is 1. The molecule has 254 valence electrons. The molecule has 2 aromatic heterocycles. The maximum absolute atomic E-state index is 14.5. The number of rotatable bonds is 6. The Bertz CT molecular complexity index is 1890. The van der Waals surface area contributed by atoms with E-state index in [0.29, 0.717) is 12.1 Å². The molecule has 5 rings (SSSR count). The number of aryl methyl sites for hydroxylation is 3. The fraction of sp³-hybridized carbons (Fsp3) is 0.421. The van der Waals surface area contributed by atoms with Gasteiger partial charge in [0.1, 0.15) is 6.61 Å². The minimum atomic E-state index is -4.16. The number of anilines is 1. The van der Waals surface area contributed by atoms with Crippen LogP contribution < -0.4 is 9.46 Å². The summed E-state index contributed by atoms with van der Waals surface area (Å²) < 4.78 is 36.3. The molecule has 1 N–H and O–H groups in total. The Morgan fingerprint density at radius 3 is 2.21 bits per heavy atom. The summed E-state index contributed by atoms with van der Waals surface area (Å²) in [5.41, 5.74) is 5.35. The third-order valence-corrected chi connectivity index (χ3v) is 9.68. The van der Waals surface area contributed by atoms with E-state index < -0.39 is 16.1 Å². The lowest BCUT2D eigenvalue weighted by Gasteiger charge is -2.35. The number of fused-ring (bicyclic) bond motifs is 4. The van der Waals surface area contributed by atoms with Gasteiger partial charge in [0.15, 0.2) is 0 Å². The molecule has 4 bridgehead atoms. The van der Waals surface area contributed by atoms with Gasteiger partial charge < -0.3 is 9.64 Å². The first-order chi connectivity index (χ1) is 22.5. The molecule has 10 heteroatoms. The zero-order valence-electron chi connectivity index (χ0n) is 29.3. The van der Waals surface area contributed by atoms with Crippen LogP contribution >= 0.6 is 0 Å². The Balaban J connectivity index is 1.63. The van der Waals surface area contributed by atoms with Crippen molar-refractivity contribution in [1.82, 2.24) is 19.9 Å². The fourth-order valence-corrected chi connectivity index (χ4v) is 6.97. The molecular weight excluding hydrogens is 623 g/mol. The van der Waals surface area contributed by atoms with Crippen molar-refractivity contribution in [3.63, 3.8) is 0 Å². The highest BCUT2D eigenvalue weighted by molar-refractivity contribution is 7.92. The van der Waals surface area contributed by atoms with Crippen molar-refractivity contribution in [3.8, 4) is 17.1 Å². The highest BCUT2D eigenvalue weighted by Gasteiger charge is 2.32. The number of pyridine rings is 1. The summed E-state index contributed by atoms with van der Waals surface area (Å²) in [4.78, 5) is 30.2. The topological polar surface area (TPSA) is 114 Å². The first kappa shape index (κ1) is 35.0. The number of nitrogens with zero attached hydrogens (tertiary/aromatic N) is 4. The van der Waals surface area contributed by atoms with E-state index in [0.717, 1.165) is 40.9 Å². The highest BCUT2D eigenvalue weighted by atomic mass is 32.2. The second-order valence-corrected chi connectivity index (χ2v) is 16.8. The lowest BCUT2D eigenvalue weighted by Crippen LogP contribution is -2.45. The lowest BCUT2D eigenvalue weighted by molar-refractivity contribution is 0.0509. The molecule has 0 spiro atoms. The molecule has 2 aromatic carbocycles. The van der Waals surface area contributed by atoms with Crippen molar-refractivity contribution in [1.29, 1.82) is 0 Å². The summed E-state index contributed by atoms with van der Waals surface area (Å²) in [7, 11) is -4.16. The van der Waals surface area contributed by atoms with Crippen molar-refractivity contribution < 1.29 is 17.9 Å². The Labute approximate surface area is 285 Å². The summed E-state index contributed by atoms with van der Waals surface area (Å²) in [6, 6.07) is 19.3. The quantitative estimate of drug-likeness (QED) is 0.223. The molecule has 1 aliphatic heterocycles. The van der Waals surface area contributed by atoms with Crippen molar-refractivity contribution in [2.75, 3.05) is 11.3 Å². The lowest BCUT2D eigenvalue weighted by atomic mass is 9.87. The van der Waals surface area contributed by atoms with Crippen molar-refractivity contribution >= 4 is 21.9 Å². The number of hydrogen-bond donors (Lipinski definition) is 1. The summed E-state index contributed by atoms with van der Waals surface area (Å²) in [6.45, 7) is 17.3. The molecule has 1 aliphatic rings. The predicted molar refractivity (Wildman–Crippen MR) is 189 cm³/mol. The Morgan fingerprint density at radius 2 is 1.52 bits per heavy atom. The first-order valence-corrected chi connectivity index (χ1v) is 17.9. The van der Waals surface area contributed by atoms with Crippen LogP contribution in [0.5, 0.6) is 5.88 Å². The fourth-order valence-electron chi connectivity index (χ4n) is 5.98. The maximum atomic E-state index is 14.5. The molecule has 1 amide bonds. The van der Waals surface area contributed by atoms with Gasteiger partial charge in [-0.05, 0) is 85.4 Å². The second-order valence-electron chi connectivity index (χ2n) is 15.2. The van der Waals surface area contributed by atoms with Gasteiger partial charge >= 0.3 is 0 Å². The molecule has 1 atom stereocenters. The van der Waals surface area contributed by atoms with E-state index in [1.54, 1.807) is 23.1 Å². The van der Waals surface area contributed by atoms with Crippen LogP contribution in [0.25, 0.3) is 11.3 Å². The average Bonchev–Trinajstić information content (AvgIpc) is 2.99. The Morgan fingerprint density at radius 1 is 0.854 bits per heavy atom. The van der Waals surface area contributed by atoms with E-state index in [-0.39, 0.29) is 52.2 Å². The van der Waals surface area contributed by atoms with Crippen molar-refractivity contribution in [3.05, 3.63) is 94.8 Å². The van der Waals surface area contributed by atoms with E-state index >= 15 is 0 Å². The molecule has 0 saturated carbocycles. The van der Waals surface area contributed by atoms with E-state index in [1.807, 2.05) is 50.2 Å². The predicted octanol–water partition coefficient (Wildman–Crippen LogP) is 7.77. The van der Waals surface area contributed by atoms with E-state index in [4.69, 9.17) is 9.72 Å². The van der Waals surface area contributed by atoms with Gasteiger partial charge in [-0.25, -0.2) is 18.1 Å². The third-order valence-electron chi connectivity index (χ3n) is 8.36. The third kappa shape index (κ3) is 8.78. The van der Waals surface area contributed by atoms with Crippen LogP contribution in [0.1, 0.15) is 87.3 Å². The summed E-state index contributed by atoms with van der Waals surface area (Å²) >= 11 is 0. The minimum absolute atomic E-state index is 0.0641. The number of nitrogens with one attached hydrogen (secondary N) is 1. The molecule has 48 heavy (non-hydrogen) atoms. The molecule has 0 unspecified atom stereocenters. The van der Waals surface area contributed by atoms with Gasteiger partial charge in [-0.2, -0.15) is 4.98 Å². The average molecular weight is 670 g/mol. The van der Waals surface area contributed by atoms with E-state index in [9.17, 15) is 13.2 Å². The number of benzene rings is 2. The van der Waals surface area contributed by atoms with Crippen molar-refractivity contribution in [2.24, 2.45) is 10.8 Å². The molecule has 3 heterocycles. The first-order valence-electron chi connectivity index (χ1n) is 16.4. The van der Waals surface area contributed by atoms with Gasteiger partial charge in [-0.1, -0.05) is 71.9 Å². The van der Waals surface area contributed by atoms with Crippen LogP contribution in [0.3, 0.4) is 0 Å². The van der Waals surface area contributed by atoms with Gasteiger partial charge in [0.05, 0.1) is 28.9 Å². The molecule has 0 fully saturated rings. The number of sulfonamides is 1. The second kappa shape index (κ2) is 13.7. The van der Waals surface area contributed by atoms with Gasteiger partial charge in [-0.15, -0.1) is 0 Å². The smallest absolute Gasteiger partial charge is 0.264 e. The van der Waals surface area contributed by atoms with Gasteiger partial charge in [0.25, 0.3) is 15.9 Å². The molecule has 0 aliphatic carbocycles. The van der Waals surface area contributed by atoms with Crippen molar-refractivity contribution in [2.45, 2.75) is 92.1 Å². The summed E-state index contributed by atoms with van der Waals surface area (Å²) in [5.74, 6) is -0.207. The maximum Gasteiger partial charge on any atom is 0.264 e. The number of amides is 1. The monoisotopic (exact) mass is 669 g/mol. The Kier molecular flexibility index (Phi) is 9.97. The number of hydrogen-bond acceptors (Lipinski definition) is 7. The number of carbonyl (C=O) groups is 1. The molecule has 9 nitrogen and oxygen atoms in total. The molecule has 0 saturated heterocycles. The van der Waals surface area contributed by atoms with Crippen LogP contribution in [0.4, 0.5) is 5.95 Å². The largest absolute Gasteiger partial charge is 0.475 e. The van der Waals surface area contributed by atoms with Crippen LogP contribution in [0.15, 0.2) is 71.6 Å². The Hall–Kier alpha value is -4.31. The molecule has 0 radical (unpaired) electrons. The van der Waals surface area contributed by atoms with Crippen LogP contribution in [0.2, 0.25) is 0 Å². The standard InChI is InChI=1S/C38H47N5O4S/c1-25-12-9-13-26(2)34(25)32-21-33-41-36(40-32)42-48(45,46)31-17-10-14-27(20-31)35(44)43(30(24-47-33)22-38(6,7)8)23-29-16-11-15-28(39-29)18-19-37(3,4)5/h9-17,20-21,30H,18-19,22-24H2,1-8H3,(H,40,41,42)/t30-/m1/s1. The number of aromatic nitrogens is 3. The molecular formula is C38H47N5O4S. The normalized spacial score (nSPS) is 16.6. The van der Waals surface area contributed by atoms with Gasteiger partial charge in [0.2, 0.25) is 11.8 Å². The summed E-state index contributed by atoms with van der Waals surface area (Å²) in [6.07, 6.45) is 2.42. The van der Waals surface area contributed by atoms with E-state index in [2.05, 4.69) is 56.2 Å². The highest BCUT2D eigenvalue weighted by Crippen LogP contribution is 2.32. The zero-order valence-corrected chi connectivity index (χ0v) is 30.1. The molecule has 4 aromatic rings. The minimum Gasteiger partial charge on any atom is -0.475 e. The number of carbonyl (C=O) groups excluding carboxylic acids is 1. The van der Waals surface area contributed by atoms with E-state index in [1.165, 1.54) is 12.1 Å². The van der Waals surface area contributed by atoms with Crippen LogP contribution in [-0.4, -0.2) is 46.8 Å². The van der Waals surface area contributed by atoms with Crippen LogP contribution in [-0.2, 0) is 23.0 Å². The van der Waals surface area contributed by atoms with Crippen LogP contribution in [0, 0.1) is 24.7 Å². The summed E-state index contributed by atoms with van der Waals surface area (Å²) in [5, 5.41) is 0. The van der Waals surface area contributed by atoms with Gasteiger partial charge in [-0.3, -0.25) is 9.78 Å². The zero-order chi connectivity index (χ0) is 34.9.